The molecule has 3 aromatic rings. The highest BCUT2D eigenvalue weighted by Gasteiger charge is 2.38. The molecule has 242 valence electrons. The molecule has 1 aromatic carbocycles. The van der Waals surface area contributed by atoms with Crippen LogP contribution in [0.15, 0.2) is 84.5 Å². The fraction of sp³-hybridized carbons (Fsp3) is 0.353. The van der Waals surface area contributed by atoms with Crippen molar-refractivity contribution in [2.75, 3.05) is 6.54 Å². The SMILES string of the molecule is C=C1CCC(C(=O)NCc2cc3cnccc3n2C(F)F)N1C(=O)/C(=C\C)NC/C(C=N)=C/C.CC.CCc1ccccc1F. The summed E-state index contributed by atoms with van der Waals surface area (Å²) in [6, 6.07) is 9.10. The minimum atomic E-state index is -2.78. The van der Waals surface area contributed by atoms with Gasteiger partial charge in [0.25, 0.3) is 5.91 Å². The van der Waals surface area contributed by atoms with Gasteiger partial charge in [0.05, 0.1) is 17.8 Å². The van der Waals surface area contributed by atoms with Crippen LogP contribution in [0.2, 0.25) is 0 Å². The zero-order chi connectivity index (χ0) is 33.5. The number of halogens is 3. The molecule has 2 aromatic heterocycles. The molecule has 1 aliphatic heterocycles. The summed E-state index contributed by atoms with van der Waals surface area (Å²) in [4.78, 5) is 31.5. The first-order valence-corrected chi connectivity index (χ1v) is 15.0. The molecule has 0 aliphatic carbocycles. The molecule has 45 heavy (non-hydrogen) atoms. The lowest BCUT2D eigenvalue weighted by atomic mass is 10.2. The minimum absolute atomic E-state index is 0.0972. The molecule has 1 saturated heterocycles. The van der Waals surface area contributed by atoms with Crippen molar-refractivity contribution in [1.29, 1.82) is 5.41 Å². The van der Waals surface area contributed by atoms with E-state index in [-0.39, 0.29) is 30.3 Å². The maximum absolute atomic E-state index is 13.7. The van der Waals surface area contributed by atoms with E-state index in [9.17, 15) is 22.8 Å². The first kappa shape index (κ1) is 36.5. The van der Waals surface area contributed by atoms with Crippen molar-refractivity contribution in [2.24, 2.45) is 0 Å². The van der Waals surface area contributed by atoms with Gasteiger partial charge in [-0.05, 0) is 62.4 Å². The maximum atomic E-state index is 13.7. The Kier molecular flexibility index (Phi) is 14.8. The lowest BCUT2D eigenvalue weighted by molar-refractivity contribution is -0.134. The van der Waals surface area contributed by atoms with Gasteiger partial charge in [-0.15, -0.1) is 0 Å². The van der Waals surface area contributed by atoms with Crippen LogP contribution in [0.25, 0.3) is 10.9 Å². The summed E-state index contributed by atoms with van der Waals surface area (Å²) < 4.78 is 40.8. The topological polar surface area (TPSA) is 103 Å². The number of nitrogens with one attached hydrogen (secondary N) is 3. The van der Waals surface area contributed by atoms with E-state index in [1.165, 1.54) is 35.6 Å². The summed E-state index contributed by atoms with van der Waals surface area (Å²) in [5, 5.41) is 13.6. The van der Waals surface area contributed by atoms with Gasteiger partial charge in [0.2, 0.25) is 5.91 Å². The Morgan fingerprint density at radius 1 is 1.16 bits per heavy atom. The number of alkyl halides is 2. The third-order valence-corrected chi connectivity index (χ3v) is 7.13. The van der Waals surface area contributed by atoms with Crippen molar-refractivity contribution >= 4 is 28.9 Å². The zero-order valence-electron chi connectivity index (χ0n) is 26.5. The van der Waals surface area contributed by atoms with Gasteiger partial charge in [0.1, 0.15) is 11.9 Å². The van der Waals surface area contributed by atoms with Crippen LogP contribution < -0.4 is 10.6 Å². The highest BCUT2D eigenvalue weighted by atomic mass is 19.3. The number of pyridine rings is 1. The Bertz CT molecular complexity index is 1530. The molecule has 1 aliphatic rings. The predicted molar refractivity (Wildman–Crippen MR) is 173 cm³/mol. The summed E-state index contributed by atoms with van der Waals surface area (Å²) in [7, 11) is 0. The monoisotopic (exact) mass is 624 g/mol. The molecule has 1 unspecified atom stereocenters. The van der Waals surface area contributed by atoms with Crippen LogP contribution in [0, 0.1) is 11.2 Å². The Balaban J connectivity index is 0.000000544. The van der Waals surface area contributed by atoms with Crippen LogP contribution in [0.1, 0.15) is 65.3 Å². The number of benzene rings is 1. The van der Waals surface area contributed by atoms with Crippen molar-refractivity contribution < 1.29 is 22.8 Å². The molecule has 0 bridgehead atoms. The number of aromatic nitrogens is 2. The van der Waals surface area contributed by atoms with E-state index in [4.69, 9.17) is 5.41 Å². The van der Waals surface area contributed by atoms with Crippen LogP contribution >= 0.6 is 0 Å². The van der Waals surface area contributed by atoms with Gasteiger partial charge in [0.15, 0.2) is 0 Å². The molecular weight excluding hydrogens is 581 g/mol. The smallest absolute Gasteiger partial charge is 0.319 e. The van der Waals surface area contributed by atoms with E-state index in [1.54, 1.807) is 44.2 Å². The van der Waals surface area contributed by atoms with Gasteiger partial charge in [-0.3, -0.25) is 24.0 Å². The number of allylic oxidation sites excluding steroid dienone is 3. The average molecular weight is 625 g/mol. The molecule has 8 nitrogen and oxygen atoms in total. The van der Waals surface area contributed by atoms with Crippen LogP contribution in [0.3, 0.4) is 0 Å². The molecule has 3 N–H and O–H groups in total. The molecule has 4 rings (SSSR count). The normalized spacial score (nSPS) is 14.8. The molecule has 1 atom stereocenters. The number of rotatable bonds is 10. The summed E-state index contributed by atoms with van der Waals surface area (Å²) >= 11 is 0. The highest BCUT2D eigenvalue weighted by molar-refractivity contribution is 5.98. The molecule has 0 spiro atoms. The molecule has 2 amide bonds. The maximum Gasteiger partial charge on any atom is 0.319 e. The van der Waals surface area contributed by atoms with Gasteiger partial charge in [-0.25, -0.2) is 4.39 Å². The molecule has 11 heteroatoms. The molecule has 0 saturated carbocycles. The van der Waals surface area contributed by atoms with Gasteiger partial charge in [-0.2, -0.15) is 8.78 Å². The van der Waals surface area contributed by atoms with E-state index in [0.717, 1.165) is 16.6 Å². The van der Waals surface area contributed by atoms with E-state index in [1.807, 2.05) is 26.8 Å². The largest absolute Gasteiger partial charge is 0.377 e. The standard InChI is InChI=1S/C24H28F2N6O2.C8H9F.C2H6/c1-4-16(11-27)12-29-19(5-2)23(34)31-15(3)6-7-21(31)22(33)30-14-18-10-17-13-28-9-8-20(17)32(18)24(25)26;1-2-7-5-3-4-6-8(7)9;1-2/h4-5,8-11,13,21,24,27,29H,3,6-7,12,14H2,1-2H3,(H,30,33);3-6H,2H2,1H3;1-2H3/b16-4+,19-5+,27-11?;;. The van der Waals surface area contributed by atoms with E-state index in [2.05, 4.69) is 22.2 Å². The second kappa shape index (κ2) is 18.2. The van der Waals surface area contributed by atoms with Crippen molar-refractivity contribution in [3.05, 3.63) is 102 Å². The van der Waals surface area contributed by atoms with Gasteiger partial charge in [-0.1, -0.05) is 57.7 Å². The molecular formula is C34H43F3N6O2. The Morgan fingerprint density at radius 3 is 2.44 bits per heavy atom. The summed E-state index contributed by atoms with van der Waals surface area (Å²) in [6.07, 6.45) is 9.11. The van der Waals surface area contributed by atoms with Crippen LogP contribution in [0.4, 0.5) is 13.2 Å². The number of amides is 2. The Morgan fingerprint density at radius 2 is 1.87 bits per heavy atom. The van der Waals surface area contributed by atoms with Crippen LogP contribution in [0.5, 0.6) is 0 Å². The summed E-state index contributed by atoms with van der Waals surface area (Å²) in [5.74, 6) is -0.946. The van der Waals surface area contributed by atoms with E-state index < -0.39 is 24.4 Å². The second-order valence-corrected chi connectivity index (χ2v) is 9.74. The van der Waals surface area contributed by atoms with Gasteiger partial charge < -0.3 is 16.0 Å². The number of fused-ring (bicyclic) bond motifs is 1. The van der Waals surface area contributed by atoms with Crippen molar-refractivity contribution in [3.8, 4) is 0 Å². The first-order chi connectivity index (χ1) is 21.7. The van der Waals surface area contributed by atoms with Crippen LogP contribution in [-0.4, -0.2) is 45.1 Å². The third-order valence-electron chi connectivity index (χ3n) is 7.13. The average Bonchev–Trinajstić information content (AvgIpc) is 3.63. The highest BCUT2D eigenvalue weighted by Crippen LogP contribution is 2.29. The van der Waals surface area contributed by atoms with Gasteiger partial charge in [0, 0.05) is 41.9 Å². The van der Waals surface area contributed by atoms with E-state index in [0.29, 0.717) is 35.0 Å². The van der Waals surface area contributed by atoms with E-state index >= 15 is 0 Å². The Hall–Kier alpha value is -4.67. The molecule has 1 fully saturated rings. The molecule has 0 radical (unpaired) electrons. The summed E-state index contributed by atoms with van der Waals surface area (Å²) in [5.41, 5.74) is 2.85. The van der Waals surface area contributed by atoms with Gasteiger partial charge >= 0.3 is 6.55 Å². The lowest BCUT2D eigenvalue weighted by Crippen LogP contribution is -2.47. The third kappa shape index (κ3) is 9.41. The lowest BCUT2D eigenvalue weighted by Gasteiger charge is -2.26. The second-order valence-electron chi connectivity index (χ2n) is 9.74. The number of hydrogen-bond acceptors (Lipinski definition) is 5. The summed E-state index contributed by atoms with van der Waals surface area (Å²) in [6.45, 7) is 10.8. The number of carbonyl (C=O) groups is 2. The Labute approximate surface area is 263 Å². The predicted octanol–water partition coefficient (Wildman–Crippen LogP) is 7.06. The van der Waals surface area contributed by atoms with Crippen molar-refractivity contribution in [3.63, 3.8) is 0 Å². The number of hydrogen-bond donors (Lipinski definition) is 3. The minimum Gasteiger partial charge on any atom is -0.377 e. The first-order valence-electron chi connectivity index (χ1n) is 15.0. The van der Waals surface area contributed by atoms with Crippen molar-refractivity contribution in [1.82, 2.24) is 25.1 Å². The zero-order valence-corrected chi connectivity index (χ0v) is 26.5. The number of aryl methyl sites for hydroxylation is 1. The fourth-order valence-electron chi connectivity index (χ4n) is 4.75. The van der Waals surface area contributed by atoms with Crippen molar-refractivity contribution in [2.45, 2.75) is 73.0 Å². The fourth-order valence-corrected chi connectivity index (χ4v) is 4.75. The molecule has 3 heterocycles. The van der Waals surface area contributed by atoms with Crippen LogP contribution in [-0.2, 0) is 22.6 Å². The number of nitrogens with zero attached hydrogens (tertiary/aromatic N) is 3. The number of carbonyl (C=O) groups excluding carboxylic acids is 2. The number of likely N-dealkylation sites (tertiary alicyclic amines) is 1. The quantitative estimate of drug-likeness (QED) is 0.166.